The fraction of sp³-hybridized carbons (Fsp3) is 0.459. The van der Waals surface area contributed by atoms with Crippen LogP contribution in [0.25, 0.3) is 33.1 Å². The average Bonchev–Trinajstić information content (AvgIpc) is 4.08. The molecule has 0 aliphatic carbocycles. The van der Waals surface area contributed by atoms with E-state index in [4.69, 9.17) is 46.7 Å². The number of imidazole rings is 1. The summed E-state index contributed by atoms with van der Waals surface area (Å²) in [5.41, 5.74) is 2.38. The number of para-hydroxylation sites is 2. The molecule has 0 amide bonds. The van der Waals surface area contributed by atoms with Crippen molar-refractivity contribution in [1.82, 2.24) is 44.4 Å². The second-order valence-electron chi connectivity index (χ2n) is 14.6. The SMILES string of the molecule is CCOP1(=O)CP(=O)(OCC)OC[C@H]2O[C@@H](C(On3nnc4ccccc43)[C@H]2On2nnc3ccccc32)n2cnc3c(=N)n(ccc32)[C@H]2O[C@@H](CO1)C(OC(C)=O)C2OC(C)=O. The molecule has 1 N–H and O–H groups in total. The third kappa shape index (κ3) is 8.24. The van der Waals surface area contributed by atoms with Crippen LogP contribution < -0.4 is 15.2 Å². The maximum absolute atomic E-state index is 14.7. The van der Waals surface area contributed by atoms with Gasteiger partial charge in [0.1, 0.15) is 39.8 Å². The van der Waals surface area contributed by atoms with E-state index in [0.29, 0.717) is 27.6 Å². The molecule has 0 saturated carbocycles. The number of rotatable bonds is 10. The first kappa shape index (κ1) is 42.7. The number of carbonyl (C=O) groups excluding carboxylic acids is 2. The minimum absolute atomic E-state index is 0.130. The monoisotopic (exact) mass is 912 g/mol. The number of esters is 2. The van der Waals surface area contributed by atoms with Gasteiger partial charge in [-0.05, 0) is 54.6 Å². The number of hydrogen-bond donors (Lipinski definition) is 1. The maximum atomic E-state index is 14.7. The van der Waals surface area contributed by atoms with Crippen LogP contribution in [0.5, 0.6) is 0 Å². The van der Waals surface area contributed by atoms with Crippen LogP contribution in [0.15, 0.2) is 67.1 Å². The predicted molar refractivity (Wildman–Crippen MR) is 214 cm³/mol. The number of fused-ring (bicyclic) bond motifs is 9. The average molecular weight is 913 g/mol. The van der Waals surface area contributed by atoms with Crippen LogP contribution in [0.3, 0.4) is 0 Å². The first-order valence-corrected chi connectivity index (χ1v) is 23.3. The summed E-state index contributed by atoms with van der Waals surface area (Å²) in [4.78, 5) is 45.2. The number of nitrogens with zero attached hydrogens (tertiary/aromatic N) is 9. The molecule has 0 spiro atoms. The van der Waals surface area contributed by atoms with Gasteiger partial charge in [0, 0.05) is 20.0 Å². The lowest BCUT2D eigenvalue weighted by atomic mass is 10.1. The number of ether oxygens (including phenoxy) is 4. The second kappa shape index (κ2) is 17.2. The molecule has 2 fully saturated rings. The molecule has 10 atom stereocenters. The van der Waals surface area contributed by atoms with Crippen LogP contribution >= 0.6 is 15.2 Å². The highest BCUT2D eigenvalue weighted by Crippen LogP contribution is 2.64. The van der Waals surface area contributed by atoms with Crippen LogP contribution in [0.2, 0.25) is 0 Å². The summed E-state index contributed by atoms with van der Waals surface area (Å²) in [5, 5.41) is 26.4. The van der Waals surface area contributed by atoms with Gasteiger partial charge in [0.2, 0.25) is 6.10 Å². The van der Waals surface area contributed by atoms with E-state index in [1.54, 1.807) is 73.0 Å². The Bertz CT molecular complexity index is 2830. The Balaban J connectivity index is 1.21. The lowest BCUT2D eigenvalue weighted by Crippen LogP contribution is -2.48. The summed E-state index contributed by atoms with van der Waals surface area (Å²) in [6.07, 6.45) is -6.91. The van der Waals surface area contributed by atoms with Gasteiger partial charge in [-0.15, -0.1) is 10.2 Å². The van der Waals surface area contributed by atoms with E-state index in [9.17, 15) is 24.1 Å². The molecule has 334 valence electrons. The van der Waals surface area contributed by atoms with Crippen LogP contribution in [0.4, 0.5) is 0 Å². The minimum Gasteiger partial charge on any atom is -0.456 e. The highest BCUT2D eigenvalue weighted by atomic mass is 31.2. The molecule has 6 aromatic rings. The zero-order valence-corrected chi connectivity index (χ0v) is 35.9. The predicted octanol–water partition coefficient (Wildman–Crippen LogP) is 2.92. The Morgan fingerprint density at radius 2 is 1.24 bits per heavy atom. The van der Waals surface area contributed by atoms with Crippen molar-refractivity contribution < 1.29 is 65.4 Å². The third-order valence-electron chi connectivity index (χ3n) is 10.4. The van der Waals surface area contributed by atoms with Crippen LogP contribution in [-0.2, 0) is 55.8 Å². The Hall–Kier alpha value is -5.58. The molecule has 4 aliphatic heterocycles. The van der Waals surface area contributed by atoms with E-state index >= 15 is 0 Å². The lowest BCUT2D eigenvalue weighted by molar-refractivity contribution is -0.165. The molecule has 2 saturated heterocycles. The van der Waals surface area contributed by atoms with Crippen molar-refractivity contribution in [3.05, 3.63) is 72.6 Å². The first-order valence-electron chi connectivity index (χ1n) is 19.9. The molecule has 63 heavy (non-hydrogen) atoms. The van der Waals surface area contributed by atoms with Crippen molar-refractivity contribution in [1.29, 1.82) is 5.41 Å². The molecule has 0 radical (unpaired) electrons. The fourth-order valence-corrected chi connectivity index (χ4v) is 12.5. The summed E-state index contributed by atoms with van der Waals surface area (Å²) in [6.45, 7) is 4.10. The van der Waals surface area contributed by atoms with Gasteiger partial charge in [0.15, 0.2) is 42.2 Å². The van der Waals surface area contributed by atoms with E-state index in [1.807, 2.05) is 0 Å². The van der Waals surface area contributed by atoms with Crippen LogP contribution in [0.1, 0.15) is 40.2 Å². The summed E-state index contributed by atoms with van der Waals surface area (Å²) >= 11 is 0. The molecule has 5 unspecified atom stereocenters. The van der Waals surface area contributed by atoms with E-state index in [1.165, 1.54) is 26.8 Å². The van der Waals surface area contributed by atoms with Crippen LogP contribution in [-0.4, -0.2) is 125 Å². The van der Waals surface area contributed by atoms with Crippen molar-refractivity contribution in [2.24, 2.45) is 0 Å². The van der Waals surface area contributed by atoms with Crippen molar-refractivity contribution in [3.63, 3.8) is 0 Å². The lowest BCUT2D eigenvalue weighted by Gasteiger charge is -2.27. The van der Waals surface area contributed by atoms with Gasteiger partial charge in [0.05, 0.1) is 38.3 Å². The number of carbonyl (C=O) groups is 2. The zero-order valence-electron chi connectivity index (χ0n) is 34.1. The molecule has 2 aromatic carbocycles. The normalized spacial score (nSPS) is 29.8. The molecule has 8 heterocycles. The molecule has 4 aromatic heterocycles. The van der Waals surface area contributed by atoms with Gasteiger partial charge in [-0.2, -0.15) is 0 Å². The van der Waals surface area contributed by atoms with Crippen LogP contribution in [0, 0.1) is 5.41 Å². The first-order chi connectivity index (χ1) is 30.4. The highest BCUT2D eigenvalue weighted by Gasteiger charge is 2.54. The Kier molecular flexibility index (Phi) is 11.6. The fourth-order valence-electron chi connectivity index (χ4n) is 7.80. The number of benzene rings is 2. The van der Waals surface area contributed by atoms with Crippen molar-refractivity contribution >= 4 is 60.2 Å². The maximum Gasteiger partial charge on any atom is 0.342 e. The van der Waals surface area contributed by atoms with Crippen molar-refractivity contribution in [2.75, 3.05) is 32.3 Å². The van der Waals surface area contributed by atoms with Gasteiger partial charge in [-0.3, -0.25) is 28.7 Å². The quantitative estimate of drug-likeness (QED) is 0.153. The van der Waals surface area contributed by atoms with Gasteiger partial charge in [-0.25, -0.2) is 4.98 Å². The summed E-state index contributed by atoms with van der Waals surface area (Å²) in [7, 11) is -8.84. The van der Waals surface area contributed by atoms with E-state index in [2.05, 4.69) is 25.6 Å². The third-order valence-corrected chi connectivity index (χ3v) is 15.5. The van der Waals surface area contributed by atoms with Gasteiger partial charge >= 0.3 is 27.1 Å². The molecule has 4 aliphatic rings. The molecule has 24 nitrogen and oxygen atoms in total. The minimum atomic E-state index is -4.42. The summed E-state index contributed by atoms with van der Waals surface area (Å²) in [6, 6.07) is 15.8. The van der Waals surface area contributed by atoms with Crippen molar-refractivity contribution in [2.45, 2.75) is 76.8 Å². The Morgan fingerprint density at radius 3 is 1.81 bits per heavy atom. The molecule has 26 heteroatoms. The van der Waals surface area contributed by atoms with E-state index in [0.717, 1.165) is 13.8 Å². The zero-order chi connectivity index (χ0) is 44.0. The topological polar surface area (TPSA) is 269 Å². The molecule has 8 bridgehead atoms. The Morgan fingerprint density at radius 1 is 0.714 bits per heavy atom. The van der Waals surface area contributed by atoms with Gasteiger partial charge in [0.25, 0.3) is 0 Å². The van der Waals surface area contributed by atoms with E-state index < -0.39 is 95.3 Å². The second-order valence-corrected chi connectivity index (χ2v) is 19.2. The Labute approximate surface area is 356 Å². The highest BCUT2D eigenvalue weighted by molar-refractivity contribution is 7.71. The number of aromatic nitrogens is 9. The van der Waals surface area contributed by atoms with E-state index in [-0.39, 0.29) is 24.2 Å². The standard InChI is InChI=1S/C37H42N10O14P2/c1-5-52-62(50)20-63(51,53-6-2)55-18-29-32(60-46-25-13-9-7-11-23(25)40-42-46)34(61-47-26-14-10-8-12-24(26)41-43-47)37(59-29)45-19-39-30-27(45)15-16-44(35(30)38)36-33(57-22(4)49)31(56-21(3)48)28(58-36)17-54-62/h7-16,19,28-29,31-34,36-38H,5-6,17-18,20H2,1-4H3/t28-,29+,31?,32-,33?,34?,36-,37-,62?,63?/m0/s1. The molecule has 10 rings (SSSR count). The molecular formula is C37H42N10O14P2. The van der Waals surface area contributed by atoms with Gasteiger partial charge < -0.3 is 51.3 Å². The van der Waals surface area contributed by atoms with Crippen molar-refractivity contribution in [3.8, 4) is 0 Å². The molecular weight excluding hydrogens is 870 g/mol. The largest absolute Gasteiger partial charge is 0.456 e. The number of hydrogen-bond acceptors (Lipinski definition) is 20. The summed E-state index contributed by atoms with van der Waals surface area (Å²) < 4.78 is 80.0. The smallest absolute Gasteiger partial charge is 0.342 e. The number of pyridine rings is 1. The number of nitrogens with one attached hydrogen (secondary N) is 1. The van der Waals surface area contributed by atoms with Gasteiger partial charge in [-0.1, -0.05) is 34.0 Å². The summed E-state index contributed by atoms with van der Waals surface area (Å²) in [5.74, 6) is -2.35.